The summed E-state index contributed by atoms with van der Waals surface area (Å²) in [6.45, 7) is 4.35. The molecule has 0 aliphatic carbocycles. The first-order valence-corrected chi connectivity index (χ1v) is 6.28. The second-order valence-electron chi connectivity index (χ2n) is 4.82. The van der Waals surface area contributed by atoms with Crippen molar-refractivity contribution >= 4 is 11.0 Å². The van der Waals surface area contributed by atoms with E-state index in [0.717, 1.165) is 5.52 Å². The van der Waals surface area contributed by atoms with Gasteiger partial charge in [0.25, 0.3) is 0 Å². The molecule has 1 heterocycles. The largest absolute Gasteiger partial charge is 0.328 e. The zero-order valence-electron chi connectivity index (χ0n) is 10.7. The number of imidazole rings is 1. The Morgan fingerprint density at radius 1 is 0.944 bits per heavy atom. The van der Waals surface area contributed by atoms with Crippen LogP contribution >= 0.6 is 0 Å². The summed E-state index contributed by atoms with van der Waals surface area (Å²) in [5.41, 5.74) is 4.75. The molecule has 0 aliphatic heterocycles. The van der Waals surface area contributed by atoms with Gasteiger partial charge in [0.15, 0.2) is 0 Å². The van der Waals surface area contributed by atoms with Crippen LogP contribution in [0.3, 0.4) is 0 Å². The molecular formula is C16H16N2. The van der Waals surface area contributed by atoms with Gasteiger partial charge in [0, 0.05) is 6.04 Å². The van der Waals surface area contributed by atoms with E-state index in [1.54, 1.807) is 0 Å². The summed E-state index contributed by atoms with van der Waals surface area (Å²) in [5.74, 6) is 0. The molecular weight excluding hydrogens is 220 g/mol. The van der Waals surface area contributed by atoms with E-state index >= 15 is 0 Å². The Hall–Kier alpha value is -2.09. The maximum Gasteiger partial charge on any atom is 0.0960 e. The highest BCUT2D eigenvalue weighted by molar-refractivity contribution is 5.82. The van der Waals surface area contributed by atoms with Crippen LogP contribution in [0.2, 0.25) is 0 Å². The van der Waals surface area contributed by atoms with Crippen molar-refractivity contribution in [2.75, 3.05) is 0 Å². The lowest BCUT2D eigenvalue weighted by atomic mass is 10.1. The molecule has 0 bridgehead atoms. The van der Waals surface area contributed by atoms with Gasteiger partial charge in [0.1, 0.15) is 0 Å². The fraction of sp³-hybridized carbons (Fsp3) is 0.188. The molecule has 1 aromatic heterocycles. The number of fused-ring (bicyclic) bond motifs is 1. The fourth-order valence-electron chi connectivity index (χ4n) is 2.25. The van der Waals surface area contributed by atoms with Gasteiger partial charge in [-0.1, -0.05) is 36.4 Å². The van der Waals surface area contributed by atoms with Crippen LogP contribution in [0.25, 0.3) is 22.2 Å². The van der Waals surface area contributed by atoms with E-state index in [1.165, 1.54) is 16.6 Å². The van der Waals surface area contributed by atoms with Crippen LogP contribution in [-0.4, -0.2) is 9.55 Å². The number of nitrogens with zero attached hydrogens (tertiary/aromatic N) is 2. The Labute approximate surface area is 107 Å². The summed E-state index contributed by atoms with van der Waals surface area (Å²) in [6.07, 6.45) is 1.92. The average molecular weight is 236 g/mol. The average Bonchev–Trinajstić information content (AvgIpc) is 2.82. The summed E-state index contributed by atoms with van der Waals surface area (Å²) in [7, 11) is 0. The quantitative estimate of drug-likeness (QED) is 0.649. The van der Waals surface area contributed by atoms with Crippen molar-refractivity contribution in [2.45, 2.75) is 19.9 Å². The standard InChI is InChI=1S/C16H16N2/c1-12(2)18-11-17-15-9-8-14(10-16(15)18)13-6-4-3-5-7-13/h3-12H,1-2H3. The minimum atomic E-state index is 0.432. The Kier molecular flexibility index (Phi) is 2.63. The number of rotatable bonds is 2. The van der Waals surface area contributed by atoms with E-state index in [2.05, 4.69) is 65.9 Å². The van der Waals surface area contributed by atoms with E-state index in [0.29, 0.717) is 6.04 Å². The molecule has 0 atom stereocenters. The van der Waals surface area contributed by atoms with Crippen LogP contribution in [0.4, 0.5) is 0 Å². The molecule has 0 spiro atoms. The third-order valence-electron chi connectivity index (χ3n) is 3.24. The highest BCUT2D eigenvalue weighted by atomic mass is 15.1. The van der Waals surface area contributed by atoms with Gasteiger partial charge in [0.05, 0.1) is 17.4 Å². The summed E-state index contributed by atoms with van der Waals surface area (Å²) in [5, 5.41) is 0. The zero-order valence-corrected chi connectivity index (χ0v) is 10.7. The van der Waals surface area contributed by atoms with Gasteiger partial charge < -0.3 is 4.57 Å². The Balaban J connectivity index is 2.18. The molecule has 2 nitrogen and oxygen atoms in total. The third kappa shape index (κ3) is 1.80. The van der Waals surface area contributed by atoms with E-state index in [4.69, 9.17) is 0 Å². The molecule has 3 rings (SSSR count). The predicted molar refractivity (Wildman–Crippen MR) is 75.6 cm³/mol. The van der Waals surface area contributed by atoms with Crippen LogP contribution in [0.1, 0.15) is 19.9 Å². The monoisotopic (exact) mass is 236 g/mol. The van der Waals surface area contributed by atoms with Gasteiger partial charge in [-0.3, -0.25) is 0 Å². The van der Waals surface area contributed by atoms with Crippen molar-refractivity contribution in [1.82, 2.24) is 9.55 Å². The number of hydrogen-bond acceptors (Lipinski definition) is 1. The maximum atomic E-state index is 4.44. The van der Waals surface area contributed by atoms with Crippen molar-refractivity contribution in [1.29, 1.82) is 0 Å². The number of hydrogen-bond donors (Lipinski definition) is 0. The van der Waals surface area contributed by atoms with Crippen molar-refractivity contribution in [3.8, 4) is 11.1 Å². The molecule has 0 radical (unpaired) electrons. The Morgan fingerprint density at radius 3 is 2.44 bits per heavy atom. The minimum absolute atomic E-state index is 0.432. The summed E-state index contributed by atoms with van der Waals surface area (Å²) >= 11 is 0. The lowest BCUT2D eigenvalue weighted by molar-refractivity contribution is 0.617. The lowest BCUT2D eigenvalue weighted by Gasteiger charge is -2.09. The molecule has 0 saturated carbocycles. The van der Waals surface area contributed by atoms with Gasteiger partial charge in [-0.05, 0) is 37.1 Å². The van der Waals surface area contributed by atoms with Crippen LogP contribution in [-0.2, 0) is 0 Å². The Morgan fingerprint density at radius 2 is 1.72 bits per heavy atom. The van der Waals surface area contributed by atoms with E-state index in [-0.39, 0.29) is 0 Å². The van der Waals surface area contributed by atoms with Gasteiger partial charge in [-0.15, -0.1) is 0 Å². The first-order chi connectivity index (χ1) is 8.75. The van der Waals surface area contributed by atoms with Gasteiger partial charge >= 0.3 is 0 Å². The second kappa shape index (κ2) is 4.30. The molecule has 0 fully saturated rings. The van der Waals surface area contributed by atoms with Crippen molar-refractivity contribution in [3.63, 3.8) is 0 Å². The molecule has 3 aromatic rings. The molecule has 2 aromatic carbocycles. The van der Waals surface area contributed by atoms with Crippen molar-refractivity contribution < 1.29 is 0 Å². The summed E-state index contributed by atoms with van der Waals surface area (Å²) in [4.78, 5) is 4.44. The van der Waals surface area contributed by atoms with Crippen LogP contribution in [0.5, 0.6) is 0 Å². The van der Waals surface area contributed by atoms with Crippen molar-refractivity contribution in [3.05, 3.63) is 54.9 Å². The van der Waals surface area contributed by atoms with E-state index in [9.17, 15) is 0 Å². The zero-order chi connectivity index (χ0) is 12.5. The van der Waals surface area contributed by atoms with E-state index in [1.807, 2.05) is 12.4 Å². The number of aromatic nitrogens is 2. The van der Waals surface area contributed by atoms with E-state index < -0.39 is 0 Å². The van der Waals surface area contributed by atoms with Gasteiger partial charge in [-0.2, -0.15) is 0 Å². The molecule has 0 N–H and O–H groups in total. The third-order valence-corrected chi connectivity index (χ3v) is 3.24. The van der Waals surface area contributed by atoms with Crippen molar-refractivity contribution in [2.24, 2.45) is 0 Å². The minimum Gasteiger partial charge on any atom is -0.328 e. The molecule has 0 aliphatic rings. The molecule has 0 saturated heterocycles. The van der Waals surface area contributed by atoms with Gasteiger partial charge in [-0.25, -0.2) is 4.98 Å². The first-order valence-electron chi connectivity index (χ1n) is 6.28. The highest BCUT2D eigenvalue weighted by Crippen LogP contribution is 2.25. The lowest BCUT2D eigenvalue weighted by Crippen LogP contribution is -1.97. The fourth-order valence-corrected chi connectivity index (χ4v) is 2.25. The topological polar surface area (TPSA) is 17.8 Å². The van der Waals surface area contributed by atoms with Crippen LogP contribution < -0.4 is 0 Å². The molecule has 2 heteroatoms. The number of benzene rings is 2. The molecule has 90 valence electrons. The smallest absolute Gasteiger partial charge is 0.0960 e. The van der Waals surface area contributed by atoms with Gasteiger partial charge in [0.2, 0.25) is 0 Å². The molecule has 0 unspecified atom stereocenters. The molecule has 0 amide bonds. The van der Waals surface area contributed by atoms with Crippen LogP contribution in [0.15, 0.2) is 54.9 Å². The normalized spacial score (nSPS) is 11.3. The molecule has 18 heavy (non-hydrogen) atoms. The highest BCUT2D eigenvalue weighted by Gasteiger charge is 2.06. The first kappa shape index (κ1) is 11.0. The summed E-state index contributed by atoms with van der Waals surface area (Å²) < 4.78 is 2.21. The second-order valence-corrected chi connectivity index (χ2v) is 4.82. The maximum absolute atomic E-state index is 4.44. The van der Waals surface area contributed by atoms with Crippen LogP contribution in [0, 0.1) is 0 Å². The SMILES string of the molecule is CC(C)n1cnc2ccc(-c3ccccc3)cc21. The summed E-state index contributed by atoms with van der Waals surface area (Å²) in [6, 6.07) is 17.3. The Bertz CT molecular complexity index is 666. The predicted octanol–water partition coefficient (Wildman–Crippen LogP) is 4.28.